The first-order valence-corrected chi connectivity index (χ1v) is 7.40. The van der Waals surface area contributed by atoms with E-state index in [-0.39, 0.29) is 11.8 Å². The van der Waals surface area contributed by atoms with Gasteiger partial charge >= 0.3 is 0 Å². The quantitative estimate of drug-likeness (QED) is 0.893. The number of methoxy groups -OCH3 is 1. The first-order chi connectivity index (χ1) is 10.1. The molecule has 0 radical (unpaired) electrons. The summed E-state index contributed by atoms with van der Waals surface area (Å²) in [6, 6.07) is 2.72. The molecule has 0 aliphatic rings. The van der Waals surface area contributed by atoms with E-state index in [1.54, 1.807) is 39.8 Å². The number of ether oxygens (including phenoxy) is 1. The lowest BCUT2D eigenvalue weighted by Gasteiger charge is -2.22. The Balaban J connectivity index is 2.85. The van der Waals surface area contributed by atoms with E-state index in [4.69, 9.17) is 16.3 Å². The van der Waals surface area contributed by atoms with Crippen LogP contribution >= 0.6 is 11.6 Å². The summed E-state index contributed by atoms with van der Waals surface area (Å²) in [5, 5.41) is 5.99. The normalized spacial score (nSPS) is 12.5. The monoisotopic (exact) mass is 326 g/mol. The van der Waals surface area contributed by atoms with Gasteiger partial charge in [0.05, 0.1) is 12.8 Å². The molecule has 2 N–H and O–H groups in total. The second-order valence-electron chi connectivity index (χ2n) is 6.24. The highest BCUT2D eigenvalue weighted by Crippen LogP contribution is 2.31. The van der Waals surface area contributed by atoms with E-state index in [0.717, 1.165) is 5.56 Å². The fourth-order valence-electron chi connectivity index (χ4n) is 1.65. The van der Waals surface area contributed by atoms with Crippen molar-refractivity contribution >= 4 is 29.1 Å². The lowest BCUT2D eigenvalue weighted by molar-refractivity contribution is -0.131. The Morgan fingerprint density at radius 3 is 2.36 bits per heavy atom. The summed E-state index contributed by atoms with van der Waals surface area (Å²) in [5.74, 6) is -0.0367. The maximum atomic E-state index is 12.2. The molecule has 0 aliphatic carbocycles. The highest BCUT2D eigenvalue weighted by molar-refractivity contribution is 6.31. The predicted molar refractivity (Wildman–Crippen MR) is 88.4 cm³/mol. The number of anilines is 1. The van der Waals surface area contributed by atoms with Gasteiger partial charge in [-0.1, -0.05) is 32.4 Å². The van der Waals surface area contributed by atoms with Gasteiger partial charge in [0, 0.05) is 16.5 Å². The van der Waals surface area contributed by atoms with E-state index in [9.17, 15) is 9.59 Å². The van der Waals surface area contributed by atoms with Crippen molar-refractivity contribution < 1.29 is 14.3 Å². The second-order valence-corrected chi connectivity index (χ2v) is 6.64. The van der Waals surface area contributed by atoms with Crippen LogP contribution in [0, 0.1) is 12.3 Å². The standard InChI is InChI=1S/C16H23ClN2O3/c1-9-7-12(13(22-6)8-11(9)17)19-14(20)10(2)18-15(21)16(3,4)5/h7-8,10H,1-6H3,(H,18,21)(H,19,20). The first kappa shape index (κ1) is 18.3. The Morgan fingerprint density at radius 1 is 1.27 bits per heavy atom. The highest BCUT2D eigenvalue weighted by atomic mass is 35.5. The van der Waals surface area contributed by atoms with Gasteiger partial charge in [-0.05, 0) is 25.5 Å². The average Bonchev–Trinajstić information content (AvgIpc) is 2.41. The van der Waals surface area contributed by atoms with E-state index in [2.05, 4.69) is 10.6 Å². The van der Waals surface area contributed by atoms with E-state index >= 15 is 0 Å². The van der Waals surface area contributed by atoms with Crippen LogP contribution in [-0.4, -0.2) is 25.0 Å². The van der Waals surface area contributed by atoms with Crippen LogP contribution in [0.1, 0.15) is 33.3 Å². The maximum absolute atomic E-state index is 12.2. The summed E-state index contributed by atoms with van der Waals surface area (Å²) in [4.78, 5) is 24.1. The summed E-state index contributed by atoms with van der Waals surface area (Å²) < 4.78 is 5.21. The van der Waals surface area contributed by atoms with Crippen LogP contribution in [-0.2, 0) is 9.59 Å². The molecule has 0 saturated carbocycles. The van der Waals surface area contributed by atoms with Crippen molar-refractivity contribution in [2.75, 3.05) is 12.4 Å². The number of nitrogens with one attached hydrogen (secondary N) is 2. The minimum Gasteiger partial charge on any atom is -0.495 e. The zero-order chi connectivity index (χ0) is 17.1. The number of carbonyl (C=O) groups is 2. The topological polar surface area (TPSA) is 67.4 Å². The van der Waals surface area contributed by atoms with E-state index in [1.165, 1.54) is 7.11 Å². The van der Waals surface area contributed by atoms with Crippen LogP contribution in [0.25, 0.3) is 0 Å². The van der Waals surface area contributed by atoms with Crippen molar-refractivity contribution in [2.24, 2.45) is 5.41 Å². The molecule has 0 aliphatic heterocycles. The van der Waals surface area contributed by atoms with Crippen LogP contribution < -0.4 is 15.4 Å². The summed E-state index contributed by atoms with van der Waals surface area (Å²) in [7, 11) is 1.50. The van der Waals surface area contributed by atoms with Crippen LogP contribution in [0.5, 0.6) is 5.75 Å². The number of benzene rings is 1. The summed E-state index contributed by atoms with van der Waals surface area (Å²) >= 11 is 6.03. The third kappa shape index (κ3) is 4.63. The maximum Gasteiger partial charge on any atom is 0.246 e. The molecule has 122 valence electrons. The van der Waals surface area contributed by atoms with Gasteiger partial charge in [-0.15, -0.1) is 0 Å². The molecule has 1 unspecified atom stereocenters. The molecule has 0 saturated heterocycles. The summed E-state index contributed by atoms with van der Waals surface area (Å²) in [5.41, 5.74) is 0.790. The van der Waals surface area contributed by atoms with Gasteiger partial charge < -0.3 is 15.4 Å². The van der Waals surface area contributed by atoms with Crippen molar-refractivity contribution in [1.82, 2.24) is 5.32 Å². The third-order valence-corrected chi connectivity index (χ3v) is 3.57. The van der Waals surface area contributed by atoms with Crippen LogP contribution in [0.3, 0.4) is 0 Å². The number of hydrogen-bond donors (Lipinski definition) is 2. The van der Waals surface area contributed by atoms with Crippen molar-refractivity contribution in [1.29, 1.82) is 0 Å². The zero-order valence-corrected chi connectivity index (χ0v) is 14.6. The Bertz CT molecular complexity index is 579. The van der Waals surface area contributed by atoms with Gasteiger partial charge in [0.1, 0.15) is 11.8 Å². The first-order valence-electron chi connectivity index (χ1n) is 7.02. The van der Waals surface area contributed by atoms with Crippen molar-refractivity contribution in [2.45, 2.75) is 40.7 Å². The number of hydrogen-bond acceptors (Lipinski definition) is 3. The molecule has 2 amide bonds. The van der Waals surface area contributed by atoms with Crippen molar-refractivity contribution in [3.05, 3.63) is 22.7 Å². The van der Waals surface area contributed by atoms with Gasteiger partial charge in [-0.25, -0.2) is 0 Å². The smallest absolute Gasteiger partial charge is 0.246 e. The third-order valence-electron chi connectivity index (χ3n) is 3.16. The van der Waals surface area contributed by atoms with Crippen LogP contribution in [0.2, 0.25) is 5.02 Å². The fraction of sp³-hybridized carbons (Fsp3) is 0.500. The van der Waals surface area contributed by atoms with E-state index in [1.807, 2.05) is 6.92 Å². The number of halogens is 1. The molecule has 1 aromatic rings. The molecule has 5 nitrogen and oxygen atoms in total. The number of carbonyl (C=O) groups excluding carboxylic acids is 2. The lowest BCUT2D eigenvalue weighted by atomic mass is 9.95. The molecule has 1 rings (SSSR count). The van der Waals surface area contributed by atoms with Crippen molar-refractivity contribution in [3.8, 4) is 5.75 Å². The minimum absolute atomic E-state index is 0.186. The SMILES string of the molecule is COc1cc(Cl)c(C)cc1NC(=O)C(C)NC(=O)C(C)(C)C. The van der Waals surface area contributed by atoms with Crippen molar-refractivity contribution in [3.63, 3.8) is 0 Å². The largest absolute Gasteiger partial charge is 0.495 e. The van der Waals surface area contributed by atoms with Gasteiger partial charge in [-0.3, -0.25) is 9.59 Å². The Hall–Kier alpha value is -1.75. The summed E-state index contributed by atoms with van der Waals surface area (Å²) in [6.45, 7) is 8.84. The van der Waals surface area contributed by atoms with Gasteiger partial charge in [0.15, 0.2) is 0 Å². The van der Waals surface area contributed by atoms with Gasteiger partial charge in [0.2, 0.25) is 11.8 Å². The molecule has 1 aromatic carbocycles. The Morgan fingerprint density at radius 2 is 1.86 bits per heavy atom. The molecule has 6 heteroatoms. The molecule has 0 spiro atoms. The average molecular weight is 327 g/mol. The number of rotatable bonds is 4. The Labute approximate surface area is 136 Å². The van der Waals surface area contributed by atoms with Crippen LogP contribution in [0.15, 0.2) is 12.1 Å². The second kappa shape index (κ2) is 7.01. The van der Waals surface area contributed by atoms with E-state index < -0.39 is 11.5 Å². The molecule has 0 aromatic heterocycles. The Kier molecular flexibility index (Phi) is 5.83. The molecular weight excluding hydrogens is 304 g/mol. The van der Waals surface area contributed by atoms with E-state index in [0.29, 0.717) is 16.5 Å². The summed E-state index contributed by atoms with van der Waals surface area (Å²) in [6.07, 6.45) is 0. The predicted octanol–water partition coefficient (Wildman–Crippen LogP) is 3.15. The van der Waals surface area contributed by atoms with Gasteiger partial charge in [-0.2, -0.15) is 0 Å². The highest BCUT2D eigenvalue weighted by Gasteiger charge is 2.25. The molecule has 0 heterocycles. The number of aryl methyl sites for hydroxylation is 1. The molecule has 22 heavy (non-hydrogen) atoms. The molecule has 0 bridgehead atoms. The molecule has 1 atom stereocenters. The van der Waals surface area contributed by atoms with Gasteiger partial charge in [0.25, 0.3) is 0 Å². The molecule has 0 fully saturated rings. The minimum atomic E-state index is -0.660. The van der Waals surface area contributed by atoms with Crippen LogP contribution in [0.4, 0.5) is 5.69 Å². The fourth-order valence-corrected chi connectivity index (χ4v) is 1.80. The molecular formula is C16H23ClN2O3. The zero-order valence-electron chi connectivity index (χ0n) is 13.8. The number of amides is 2. The lowest BCUT2D eigenvalue weighted by Crippen LogP contribution is -2.46.